The van der Waals surface area contributed by atoms with Crippen molar-refractivity contribution in [3.05, 3.63) is 40.5 Å². The maximum atomic E-state index is 11.9. The largest absolute Gasteiger partial charge is 0.289 e. The quantitative estimate of drug-likeness (QED) is 0.296. The van der Waals surface area contributed by atoms with Crippen LogP contribution in [0.2, 0.25) is 0 Å². The average Bonchev–Trinajstić information content (AvgIpc) is 3.07. The number of aromatic amines is 1. The monoisotopic (exact) mass is 319 g/mol. The van der Waals surface area contributed by atoms with Gasteiger partial charge < -0.3 is 0 Å². The van der Waals surface area contributed by atoms with Gasteiger partial charge in [-0.25, -0.2) is 10.8 Å². The second kappa shape index (κ2) is 5.84. The van der Waals surface area contributed by atoms with Crippen LogP contribution in [0.3, 0.4) is 0 Å². The van der Waals surface area contributed by atoms with Crippen LogP contribution in [0.1, 0.15) is 21.1 Å². The van der Waals surface area contributed by atoms with Gasteiger partial charge in [0.15, 0.2) is 0 Å². The predicted octanol–water partition coefficient (Wildman–Crippen LogP) is 2.22. The van der Waals surface area contributed by atoms with Gasteiger partial charge in [0, 0.05) is 10.5 Å². The van der Waals surface area contributed by atoms with E-state index in [1.807, 2.05) is 31.2 Å². The van der Waals surface area contributed by atoms with Crippen LogP contribution >= 0.6 is 23.1 Å². The second-order valence-corrected chi connectivity index (χ2v) is 6.37. The molecule has 0 saturated heterocycles. The minimum atomic E-state index is -0.266. The SMILES string of the molecule is Cc1nc(SCc2c(C(=O)NN)sc3ccccc23)n[nH]1. The number of hydrogen-bond donors (Lipinski definition) is 3. The molecule has 0 fully saturated rings. The molecule has 3 aromatic rings. The summed E-state index contributed by atoms with van der Waals surface area (Å²) >= 11 is 2.93. The number of nitrogen functional groups attached to an aromatic ring is 1. The van der Waals surface area contributed by atoms with E-state index in [9.17, 15) is 4.79 Å². The molecule has 21 heavy (non-hydrogen) atoms. The molecule has 0 bridgehead atoms. The summed E-state index contributed by atoms with van der Waals surface area (Å²) in [5.41, 5.74) is 3.17. The molecule has 0 radical (unpaired) electrons. The van der Waals surface area contributed by atoms with Gasteiger partial charge in [-0.05, 0) is 23.9 Å². The van der Waals surface area contributed by atoms with Gasteiger partial charge in [0.2, 0.25) is 5.16 Å². The van der Waals surface area contributed by atoms with Crippen LogP contribution in [-0.4, -0.2) is 21.1 Å². The maximum absolute atomic E-state index is 11.9. The Morgan fingerprint density at radius 2 is 2.29 bits per heavy atom. The molecule has 2 heterocycles. The van der Waals surface area contributed by atoms with Gasteiger partial charge in [-0.1, -0.05) is 30.0 Å². The minimum absolute atomic E-state index is 0.266. The first kappa shape index (κ1) is 14.1. The number of rotatable bonds is 4. The molecule has 1 amide bonds. The Labute approximate surface area is 129 Å². The summed E-state index contributed by atoms with van der Waals surface area (Å²) < 4.78 is 1.07. The van der Waals surface area contributed by atoms with Gasteiger partial charge in [0.25, 0.3) is 5.91 Å². The van der Waals surface area contributed by atoms with Gasteiger partial charge in [-0.15, -0.1) is 16.4 Å². The lowest BCUT2D eigenvalue weighted by Gasteiger charge is -2.02. The molecule has 0 atom stereocenters. The minimum Gasteiger partial charge on any atom is -0.289 e. The van der Waals surface area contributed by atoms with Crippen LogP contribution in [0, 0.1) is 6.92 Å². The third-order valence-electron chi connectivity index (χ3n) is 2.96. The zero-order valence-electron chi connectivity index (χ0n) is 11.2. The molecule has 0 unspecified atom stereocenters. The molecule has 0 spiro atoms. The fraction of sp³-hybridized carbons (Fsp3) is 0.154. The number of aromatic nitrogens is 3. The fourth-order valence-electron chi connectivity index (χ4n) is 2.01. The zero-order valence-corrected chi connectivity index (χ0v) is 12.8. The van der Waals surface area contributed by atoms with E-state index in [1.54, 1.807) is 0 Å². The van der Waals surface area contributed by atoms with E-state index in [1.165, 1.54) is 23.1 Å². The lowest BCUT2D eigenvalue weighted by molar-refractivity contribution is 0.0957. The van der Waals surface area contributed by atoms with Crippen LogP contribution in [0.15, 0.2) is 29.4 Å². The molecule has 0 saturated carbocycles. The second-order valence-electron chi connectivity index (χ2n) is 4.37. The molecule has 6 nitrogen and oxygen atoms in total. The van der Waals surface area contributed by atoms with Crippen LogP contribution in [0.4, 0.5) is 0 Å². The van der Waals surface area contributed by atoms with Crippen molar-refractivity contribution in [3.8, 4) is 0 Å². The van der Waals surface area contributed by atoms with E-state index in [2.05, 4.69) is 20.6 Å². The lowest BCUT2D eigenvalue weighted by atomic mass is 10.1. The number of hydrogen-bond acceptors (Lipinski definition) is 6. The van der Waals surface area contributed by atoms with Crippen molar-refractivity contribution in [2.75, 3.05) is 0 Å². The molecule has 3 rings (SSSR count). The van der Waals surface area contributed by atoms with Crippen LogP contribution in [-0.2, 0) is 5.75 Å². The number of nitrogens with one attached hydrogen (secondary N) is 2. The molecule has 108 valence electrons. The summed E-state index contributed by atoms with van der Waals surface area (Å²) in [6.07, 6.45) is 0. The molecule has 2 aromatic heterocycles. The van der Waals surface area contributed by atoms with Crippen LogP contribution < -0.4 is 11.3 Å². The number of nitrogens with two attached hydrogens (primary N) is 1. The van der Waals surface area contributed by atoms with E-state index < -0.39 is 0 Å². The Morgan fingerprint density at radius 3 is 3.00 bits per heavy atom. The highest BCUT2D eigenvalue weighted by atomic mass is 32.2. The summed E-state index contributed by atoms with van der Waals surface area (Å²) in [5.74, 6) is 6.40. The number of carbonyl (C=O) groups excluding carboxylic acids is 1. The number of thioether (sulfide) groups is 1. The molecule has 0 aliphatic heterocycles. The summed E-state index contributed by atoms with van der Waals surface area (Å²) in [7, 11) is 0. The van der Waals surface area contributed by atoms with E-state index in [4.69, 9.17) is 5.84 Å². The molecule has 4 N–H and O–H groups in total. The first-order valence-electron chi connectivity index (χ1n) is 6.22. The van der Waals surface area contributed by atoms with Crippen LogP contribution in [0.25, 0.3) is 10.1 Å². The Hall–Kier alpha value is -1.90. The fourth-order valence-corrected chi connectivity index (χ4v) is 4.12. The Balaban J connectivity index is 1.96. The Morgan fingerprint density at radius 1 is 1.48 bits per heavy atom. The van der Waals surface area contributed by atoms with Crippen molar-refractivity contribution in [1.29, 1.82) is 0 Å². The van der Waals surface area contributed by atoms with Gasteiger partial charge in [0.05, 0.1) is 4.88 Å². The molecule has 0 aliphatic carbocycles. The number of fused-ring (bicyclic) bond motifs is 1. The number of benzene rings is 1. The number of thiophene rings is 1. The normalized spacial score (nSPS) is 11.0. The van der Waals surface area contributed by atoms with Crippen molar-refractivity contribution < 1.29 is 4.79 Å². The highest BCUT2D eigenvalue weighted by Gasteiger charge is 2.18. The average molecular weight is 319 g/mol. The predicted molar refractivity (Wildman–Crippen MR) is 84.2 cm³/mol. The van der Waals surface area contributed by atoms with E-state index in [0.717, 1.165) is 21.5 Å². The highest BCUT2D eigenvalue weighted by Crippen LogP contribution is 2.34. The molecule has 0 aliphatic rings. The Kier molecular flexibility index (Phi) is 3.91. The smallest absolute Gasteiger partial charge is 0.275 e. The third-order valence-corrected chi connectivity index (χ3v) is 5.04. The van der Waals surface area contributed by atoms with Crippen molar-refractivity contribution in [2.24, 2.45) is 5.84 Å². The van der Waals surface area contributed by atoms with Crippen molar-refractivity contribution in [3.63, 3.8) is 0 Å². The van der Waals surface area contributed by atoms with Crippen molar-refractivity contribution in [1.82, 2.24) is 20.6 Å². The van der Waals surface area contributed by atoms with Gasteiger partial charge in [0.1, 0.15) is 5.82 Å². The van der Waals surface area contributed by atoms with Crippen molar-refractivity contribution in [2.45, 2.75) is 17.8 Å². The maximum Gasteiger partial charge on any atom is 0.275 e. The number of hydrazine groups is 1. The first-order chi connectivity index (χ1) is 10.2. The number of aryl methyl sites for hydroxylation is 1. The summed E-state index contributed by atoms with van der Waals surface area (Å²) in [4.78, 5) is 16.8. The van der Waals surface area contributed by atoms with E-state index in [-0.39, 0.29) is 5.91 Å². The van der Waals surface area contributed by atoms with Crippen molar-refractivity contribution >= 4 is 39.1 Å². The topological polar surface area (TPSA) is 96.7 Å². The number of carbonyl (C=O) groups is 1. The van der Waals surface area contributed by atoms with E-state index >= 15 is 0 Å². The third kappa shape index (κ3) is 2.78. The molecule has 1 aromatic carbocycles. The molecular formula is C13H13N5OS2. The van der Waals surface area contributed by atoms with E-state index in [0.29, 0.717) is 15.8 Å². The first-order valence-corrected chi connectivity index (χ1v) is 8.02. The molecular weight excluding hydrogens is 306 g/mol. The zero-order chi connectivity index (χ0) is 14.8. The van der Waals surface area contributed by atoms with Gasteiger partial charge in [-0.3, -0.25) is 15.3 Å². The van der Waals surface area contributed by atoms with Gasteiger partial charge in [-0.2, -0.15) is 0 Å². The standard InChI is InChI=1S/C13H13N5OS2/c1-7-15-13(18-17-7)20-6-9-8-4-2-3-5-10(8)21-11(9)12(19)16-14/h2-5H,6,14H2,1H3,(H,16,19)(H,15,17,18). The number of H-pyrrole nitrogens is 1. The number of amides is 1. The summed E-state index contributed by atoms with van der Waals surface area (Å²) in [6, 6.07) is 7.93. The lowest BCUT2D eigenvalue weighted by Crippen LogP contribution is -2.29. The van der Waals surface area contributed by atoms with Crippen LogP contribution in [0.5, 0.6) is 0 Å². The Bertz CT molecular complexity index is 795. The highest BCUT2D eigenvalue weighted by molar-refractivity contribution is 7.98. The summed E-state index contributed by atoms with van der Waals surface area (Å²) in [6.45, 7) is 1.85. The van der Waals surface area contributed by atoms with Gasteiger partial charge >= 0.3 is 0 Å². The molecule has 8 heteroatoms. The summed E-state index contributed by atoms with van der Waals surface area (Å²) in [5, 5.41) is 8.64. The number of nitrogens with zero attached hydrogens (tertiary/aromatic N) is 2.